The van der Waals surface area contributed by atoms with Crippen LogP contribution in [0.4, 0.5) is 0 Å². The number of rotatable bonds is 6. The fourth-order valence-electron chi connectivity index (χ4n) is 5.81. The number of likely N-dealkylation sites (tertiary alicyclic amines) is 1. The van der Waals surface area contributed by atoms with E-state index in [4.69, 9.17) is 0 Å². The number of aromatic nitrogens is 1. The molecule has 3 nitrogen and oxygen atoms in total. The number of hydrogen-bond acceptors (Lipinski definition) is 2. The first kappa shape index (κ1) is 22.1. The molecule has 4 aromatic carbocycles. The molecular formula is C32H32N2O. The van der Waals surface area contributed by atoms with Gasteiger partial charge in [0, 0.05) is 22.9 Å². The van der Waals surface area contributed by atoms with Crippen molar-refractivity contribution in [3.8, 4) is 22.4 Å². The summed E-state index contributed by atoms with van der Waals surface area (Å²) in [5.41, 5.74) is 6.01. The van der Waals surface area contributed by atoms with Gasteiger partial charge in [-0.05, 0) is 42.4 Å². The zero-order chi connectivity index (χ0) is 23.6. The van der Waals surface area contributed by atoms with Crippen molar-refractivity contribution in [1.29, 1.82) is 0 Å². The van der Waals surface area contributed by atoms with Crippen LogP contribution in [0.3, 0.4) is 0 Å². The van der Waals surface area contributed by atoms with E-state index >= 15 is 0 Å². The number of aliphatic hydroxyl groups is 1. The van der Waals surface area contributed by atoms with Gasteiger partial charge in [0.05, 0.1) is 23.9 Å². The number of piperidine rings is 1. The summed E-state index contributed by atoms with van der Waals surface area (Å²) in [4.78, 5) is 2.43. The highest BCUT2D eigenvalue weighted by Crippen LogP contribution is 2.43. The Balaban J connectivity index is 1.59. The minimum absolute atomic E-state index is 0.436. The monoisotopic (exact) mass is 460 g/mol. The minimum atomic E-state index is -0.436. The van der Waals surface area contributed by atoms with E-state index in [1.807, 2.05) is 0 Å². The zero-order valence-corrected chi connectivity index (χ0v) is 20.1. The van der Waals surface area contributed by atoms with Crippen molar-refractivity contribution in [3.05, 3.63) is 97.1 Å². The molecule has 5 aromatic rings. The van der Waals surface area contributed by atoms with Crippen molar-refractivity contribution in [2.24, 2.45) is 0 Å². The van der Waals surface area contributed by atoms with Gasteiger partial charge in [0.15, 0.2) is 0 Å². The molecule has 3 heteroatoms. The topological polar surface area (TPSA) is 28.4 Å². The predicted octanol–water partition coefficient (Wildman–Crippen LogP) is 6.98. The summed E-state index contributed by atoms with van der Waals surface area (Å²) in [6.07, 6.45) is 3.34. The molecule has 0 spiro atoms. The van der Waals surface area contributed by atoms with Crippen LogP contribution >= 0.6 is 0 Å². The lowest BCUT2D eigenvalue weighted by Crippen LogP contribution is -2.38. The summed E-state index contributed by atoms with van der Waals surface area (Å²) in [7, 11) is 0. The zero-order valence-electron chi connectivity index (χ0n) is 20.1. The Labute approximate surface area is 207 Å². The highest BCUT2D eigenvalue weighted by molar-refractivity contribution is 6.15. The van der Waals surface area contributed by atoms with Gasteiger partial charge in [-0.25, -0.2) is 0 Å². The summed E-state index contributed by atoms with van der Waals surface area (Å²) in [6.45, 7) is 3.47. The number of aliphatic hydroxyl groups excluding tert-OH is 1. The van der Waals surface area contributed by atoms with Gasteiger partial charge in [0.1, 0.15) is 0 Å². The van der Waals surface area contributed by atoms with Gasteiger partial charge < -0.3 is 14.6 Å². The highest BCUT2D eigenvalue weighted by atomic mass is 16.3. The maximum Gasteiger partial charge on any atom is 0.0845 e. The van der Waals surface area contributed by atoms with E-state index in [1.165, 1.54) is 63.3 Å². The first-order valence-corrected chi connectivity index (χ1v) is 12.8. The molecule has 0 saturated carbocycles. The van der Waals surface area contributed by atoms with Crippen LogP contribution in [0, 0.1) is 0 Å². The van der Waals surface area contributed by atoms with E-state index in [2.05, 4.69) is 107 Å². The summed E-state index contributed by atoms with van der Waals surface area (Å²) >= 11 is 0. The first-order valence-electron chi connectivity index (χ1n) is 12.8. The van der Waals surface area contributed by atoms with Crippen LogP contribution < -0.4 is 0 Å². The van der Waals surface area contributed by atoms with Crippen molar-refractivity contribution in [1.82, 2.24) is 9.47 Å². The molecule has 1 unspecified atom stereocenters. The Morgan fingerprint density at radius 2 is 1.29 bits per heavy atom. The van der Waals surface area contributed by atoms with Gasteiger partial charge in [-0.2, -0.15) is 0 Å². The maximum absolute atomic E-state index is 11.4. The quantitative estimate of drug-likeness (QED) is 0.296. The first-order chi connectivity index (χ1) is 17.3. The average Bonchev–Trinajstić information content (AvgIpc) is 3.24. The van der Waals surface area contributed by atoms with Crippen LogP contribution in [0.2, 0.25) is 0 Å². The van der Waals surface area contributed by atoms with E-state index in [0.717, 1.165) is 19.6 Å². The van der Waals surface area contributed by atoms with E-state index in [1.54, 1.807) is 0 Å². The summed E-state index contributed by atoms with van der Waals surface area (Å²) in [6, 6.07) is 34.5. The number of nitrogens with zero attached hydrogens (tertiary/aromatic N) is 2. The maximum atomic E-state index is 11.4. The SMILES string of the molecule is OC(CN1CCCCC1)Cn1c(-c2ccccc2)c(-c2ccccc2)c2ccc3ccccc3c21. The molecule has 1 N–H and O–H groups in total. The van der Waals surface area contributed by atoms with Gasteiger partial charge >= 0.3 is 0 Å². The molecule has 1 atom stereocenters. The van der Waals surface area contributed by atoms with Crippen molar-refractivity contribution in [2.75, 3.05) is 19.6 Å². The predicted molar refractivity (Wildman–Crippen MR) is 147 cm³/mol. The van der Waals surface area contributed by atoms with Crippen LogP contribution in [0.1, 0.15) is 19.3 Å². The molecule has 0 amide bonds. The summed E-state index contributed by atoms with van der Waals surface area (Å²) in [5.74, 6) is 0. The molecule has 1 aliphatic rings. The fraction of sp³-hybridized carbons (Fsp3) is 0.250. The minimum Gasteiger partial charge on any atom is -0.390 e. The van der Waals surface area contributed by atoms with Crippen LogP contribution in [0.15, 0.2) is 97.1 Å². The van der Waals surface area contributed by atoms with Crippen molar-refractivity contribution in [2.45, 2.75) is 31.9 Å². The normalized spacial score (nSPS) is 15.6. The Kier molecular flexibility index (Phi) is 6.12. The van der Waals surface area contributed by atoms with Crippen LogP contribution in [-0.2, 0) is 6.54 Å². The summed E-state index contributed by atoms with van der Waals surface area (Å²) < 4.78 is 2.39. The standard InChI is InChI=1S/C32H32N2O/c35-27(22-33-20-10-3-11-21-33)23-34-31(26-15-6-2-7-16-26)30(25-13-4-1-5-14-25)29-19-18-24-12-8-9-17-28(24)32(29)34/h1-2,4-9,12-19,27,35H,3,10-11,20-23H2. The molecule has 6 rings (SSSR count). The number of hydrogen-bond donors (Lipinski definition) is 1. The van der Waals surface area contributed by atoms with Crippen molar-refractivity contribution < 1.29 is 5.11 Å². The molecule has 35 heavy (non-hydrogen) atoms. The van der Waals surface area contributed by atoms with E-state index in [9.17, 15) is 5.11 Å². The largest absolute Gasteiger partial charge is 0.390 e. The van der Waals surface area contributed by atoms with E-state index in [-0.39, 0.29) is 0 Å². The molecule has 0 radical (unpaired) electrons. The summed E-state index contributed by atoms with van der Waals surface area (Å²) in [5, 5.41) is 15.1. The molecule has 0 aliphatic carbocycles. The average molecular weight is 461 g/mol. The Bertz CT molecular complexity index is 1430. The second-order valence-electron chi connectivity index (χ2n) is 9.76. The molecule has 2 heterocycles. The number of fused-ring (bicyclic) bond motifs is 3. The lowest BCUT2D eigenvalue weighted by atomic mass is 9.97. The molecular weight excluding hydrogens is 428 g/mol. The van der Waals surface area contributed by atoms with Gasteiger partial charge in [0.2, 0.25) is 0 Å². The third kappa shape index (κ3) is 4.27. The second kappa shape index (κ2) is 9.69. The highest BCUT2D eigenvalue weighted by Gasteiger charge is 2.24. The third-order valence-electron chi connectivity index (χ3n) is 7.37. The number of β-amino-alcohol motifs (C(OH)–C–C–N with tert-alkyl or cyclic N) is 1. The smallest absolute Gasteiger partial charge is 0.0845 e. The lowest BCUT2D eigenvalue weighted by Gasteiger charge is -2.29. The molecule has 1 aliphatic heterocycles. The van der Waals surface area contributed by atoms with Gasteiger partial charge in [-0.1, -0.05) is 103 Å². The molecule has 1 aromatic heterocycles. The Hall–Kier alpha value is -3.40. The van der Waals surface area contributed by atoms with Gasteiger partial charge in [0.25, 0.3) is 0 Å². The molecule has 0 bridgehead atoms. The Morgan fingerprint density at radius 3 is 2.03 bits per heavy atom. The van der Waals surface area contributed by atoms with E-state index in [0.29, 0.717) is 6.54 Å². The van der Waals surface area contributed by atoms with E-state index < -0.39 is 6.10 Å². The molecule has 1 saturated heterocycles. The third-order valence-corrected chi connectivity index (χ3v) is 7.37. The second-order valence-corrected chi connectivity index (χ2v) is 9.76. The van der Waals surface area contributed by atoms with Crippen LogP contribution in [-0.4, -0.2) is 40.3 Å². The lowest BCUT2D eigenvalue weighted by molar-refractivity contribution is 0.0896. The van der Waals surface area contributed by atoms with Crippen LogP contribution in [0.25, 0.3) is 44.1 Å². The fourth-order valence-corrected chi connectivity index (χ4v) is 5.81. The Morgan fingerprint density at radius 1 is 0.629 bits per heavy atom. The molecule has 1 fully saturated rings. The van der Waals surface area contributed by atoms with Crippen molar-refractivity contribution >= 4 is 21.7 Å². The van der Waals surface area contributed by atoms with Crippen molar-refractivity contribution in [3.63, 3.8) is 0 Å². The number of benzene rings is 4. The van der Waals surface area contributed by atoms with Gasteiger partial charge in [-0.15, -0.1) is 0 Å². The van der Waals surface area contributed by atoms with Gasteiger partial charge in [-0.3, -0.25) is 0 Å². The van der Waals surface area contributed by atoms with Crippen LogP contribution in [0.5, 0.6) is 0 Å². The molecule has 176 valence electrons.